The maximum absolute atomic E-state index is 12.4. The predicted octanol–water partition coefficient (Wildman–Crippen LogP) is 2.37. The molecule has 1 fully saturated rings. The standard InChI is InChI=1S/C18H23N3O4S/c1-3-21(16-8-9-26(23,24)12-16)18(22)19-11-15-10-17(25-20-15)14-6-4-13(2)5-7-14/h4-7,10,16H,3,8-9,11-12H2,1-2H3,(H,19,22)/t16-/m1/s1. The summed E-state index contributed by atoms with van der Waals surface area (Å²) in [5.41, 5.74) is 2.70. The van der Waals surface area contributed by atoms with Gasteiger partial charge in [0.2, 0.25) is 0 Å². The molecular weight excluding hydrogens is 354 g/mol. The number of hydrogen-bond acceptors (Lipinski definition) is 5. The second-order valence-corrected chi connectivity index (χ2v) is 8.78. The molecule has 2 amide bonds. The number of amides is 2. The molecule has 2 heterocycles. The third-order valence-corrected chi connectivity index (χ3v) is 6.32. The van der Waals surface area contributed by atoms with Crippen molar-refractivity contribution in [3.05, 3.63) is 41.6 Å². The quantitative estimate of drug-likeness (QED) is 0.863. The average Bonchev–Trinajstić information content (AvgIpc) is 3.21. The van der Waals surface area contributed by atoms with Gasteiger partial charge in [0, 0.05) is 24.2 Å². The van der Waals surface area contributed by atoms with Crippen molar-refractivity contribution in [2.45, 2.75) is 32.9 Å². The molecule has 26 heavy (non-hydrogen) atoms. The lowest BCUT2D eigenvalue weighted by Crippen LogP contribution is -2.46. The first-order valence-corrected chi connectivity index (χ1v) is 10.5. The molecule has 0 radical (unpaired) electrons. The van der Waals surface area contributed by atoms with E-state index in [1.807, 2.05) is 38.1 Å². The number of carbonyl (C=O) groups is 1. The van der Waals surface area contributed by atoms with E-state index < -0.39 is 9.84 Å². The number of aromatic nitrogens is 1. The van der Waals surface area contributed by atoms with E-state index >= 15 is 0 Å². The highest BCUT2D eigenvalue weighted by molar-refractivity contribution is 7.91. The van der Waals surface area contributed by atoms with Crippen molar-refractivity contribution < 1.29 is 17.7 Å². The van der Waals surface area contributed by atoms with Crippen LogP contribution in [0.3, 0.4) is 0 Å². The van der Waals surface area contributed by atoms with Gasteiger partial charge in [-0.2, -0.15) is 0 Å². The van der Waals surface area contributed by atoms with E-state index in [-0.39, 0.29) is 30.1 Å². The molecule has 1 aromatic carbocycles. The number of rotatable bonds is 5. The van der Waals surface area contributed by atoms with E-state index in [4.69, 9.17) is 4.52 Å². The van der Waals surface area contributed by atoms with Gasteiger partial charge in [0.1, 0.15) is 5.69 Å². The Bertz CT molecular complexity index is 874. The van der Waals surface area contributed by atoms with Gasteiger partial charge in [-0.3, -0.25) is 0 Å². The maximum atomic E-state index is 12.4. The zero-order valence-corrected chi connectivity index (χ0v) is 15.8. The summed E-state index contributed by atoms with van der Waals surface area (Å²) in [4.78, 5) is 14.0. The van der Waals surface area contributed by atoms with E-state index in [9.17, 15) is 13.2 Å². The van der Waals surface area contributed by atoms with Gasteiger partial charge in [0.05, 0.1) is 18.1 Å². The Morgan fingerprint density at radius 3 is 2.69 bits per heavy atom. The molecule has 0 unspecified atom stereocenters. The molecule has 1 saturated heterocycles. The Balaban J connectivity index is 1.60. The lowest BCUT2D eigenvalue weighted by Gasteiger charge is -2.26. The Hall–Kier alpha value is -2.35. The first kappa shape index (κ1) is 18.4. The number of carbonyl (C=O) groups excluding carboxylic acids is 1. The SMILES string of the molecule is CCN(C(=O)NCc1cc(-c2ccc(C)cc2)on1)[C@@H]1CCS(=O)(=O)C1. The van der Waals surface area contributed by atoms with E-state index in [1.165, 1.54) is 0 Å². The van der Waals surface area contributed by atoms with Gasteiger partial charge in [-0.05, 0) is 20.3 Å². The van der Waals surface area contributed by atoms with Crippen LogP contribution >= 0.6 is 0 Å². The molecule has 8 heteroatoms. The largest absolute Gasteiger partial charge is 0.356 e. The number of nitrogens with one attached hydrogen (secondary N) is 1. The Morgan fingerprint density at radius 1 is 1.35 bits per heavy atom. The molecule has 1 N–H and O–H groups in total. The number of sulfone groups is 1. The normalized spacial score (nSPS) is 18.6. The molecule has 0 bridgehead atoms. The zero-order valence-electron chi connectivity index (χ0n) is 14.9. The molecule has 0 aliphatic carbocycles. The summed E-state index contributed by atoms with van der Waals surface area (Å²) in [5.74, 6) is 0.823. The molecule has 2 aromatic rings. The van der Waals surface area contributed by atoms with Gasteiger partial charge in [-0.25, -0.2) is 13.2 Å². The second kappa shape index (κ2) is 7.49. The topological polar surface area (TPSA) is 92.5 Å². The molecular formula is C18H23N3O4S. The fourth-order valence-electron chi connectivity index (χ4n) is 3.11. The van der Waals surface area contributed by atoms with Gasteiger partial charge in [-0.15, -0.1) is 0 Å². The minimum absolute atomic E-state index is 0.0375. The highest BCUT2D eigenvalue weighted by Crippen LogP contribution is 2.21. The molecule has 0 saturated carbocycles. The lowest BCUT2D eigenvalue weighted by atomic mass is 10.1. The first-order chi connectivity index (χ1) is 12.4. The summed E-state index contributed by atoms with van der Waals surface area (Å²) in [6.07, 6.45) is 0.491. The molecule has 1 aliphatic rings. The molecule has 3 rings (SSSR count). The van der Waals surface area contributed by atoms with Gasteiger partial charge in [-0.1, -0.05) is 35.0 Å². The second-order valence-electron chi connectivity index (χ2n) is 6.55. The van der Waals surface area contributed by atoms with Crippen LogP contribution in [0, 0.1) is 6.92 Å². The van der Waals surface area contributed by atoms with Crippen molar-refractivity contribution in [3.63, 3.8) is 0 Å². The predicted molar refractivity (Wildman–Crippen MR) is 98.4 cm³/mol. The van der Waals surface area contributed by atoms with Crippen molar-refractivity contribution in [3.8, 4) is 11.3 Å². The molecule has 1 atom stereocenters. The summed E-state index contributed by atoms with van der Waals surface area (Å²) in [6, 6.07) is 9.15. The summed E-state index contributed by atoms with van der Waals surface area (Å²) < 4.78 is 28.6. The Kier molecular flexibility index (Phi) is 5.31. The lowest BCUT2D eigenvalue weighted by molar-refractivity contribution is 0.183. The Labute approximate surface area is 153 Å². The van der Waals surface area contributed by atoms with Crippen LogP contribution in [0.15, 0.2) is 34.9 Å². The first-order valence-electron chi connectivity index (χ1n) is 8.65. The van der Waals surface area contributed by atoms with Crippen LogP contribution in [0.5, 0.6) is 0 Å². The van der Waals surface area contributed by atoms with Crippen LogP contribution in [0.2, 0.25) is 0 Å². The van der Waals surface area contributed by atoms with Gasteiger partial charge >= 0.3 is 6.03 Å². The zero-order chi connectivity index (χ0) is 18.7. The third kappa shape index (κ3) is 4.24. The minimum atomic E-state index is -3.03. The van der Waals surface area contributed by atoms with Gasteiger partial charge < -0.3 is 14.7 Å². The van der Waals surface area contributed by atoms with E-state index in [0.717, 1.165) is 11.1 Å². The summed E-state index contributed by atoms with van der Waals surface area (Å²) >= 11 is 0. The minimum Gasteiger partial charge on any atom is -0.356 e. The Morgan fingerprint density at radius 2 is 2.08 bits per heavy atom. The highest BCUT2D eigenvalue weighted by atomic mass is 32.2. The number of benzene rings is 1. The molecule has 1 aliphatic heterocycles. The number of hydrogen-bond donors (Lipinski definition) is 1. The molecule has 0 spiro atoms. The van der Waals surface area contributed by atoms with Crippen LogP contribution in [0.1, 0.15) is 24.6 Å². The summed E-state index contributed by atoms with van der Waals surface area (Å²) in [6.45, 7) is 4.54. The van der Waals surface area contributed by atoms with Gasteiger partial charge in [0.25, 0.3) is 0 Å². The van der Waals surface area contributed by atoms with Crippen LogP contribution < -0.4 is 5.32 Å². The average molecular weight is 377 g/mol. The monoisotopic (exact) mass is 377 g/mol. The molecule has 7 nitrogen and oxygen atoms in total. The third-order valence-electron chi connectivity index (χ3n) is 4.57. The van der Waals surface area contributed by atoms with Crippen molar-refractivity contribution in [2.24, 2.45) is 0 Å². The van der Waals surface area contributed by atoms with Crippen molar-refractivity contribution in [2.75, 3.05) is 18.1 Å². The fraction of sp³-hybridized carbons (Fsp3) is 0.444. The van der Waals surface area contributed by atoms with Crippen LogP contribution in [0.25, 0.3) is 11.3 Å². The van der Waals surface area contributed by atoms with Crippen LogP contribution in [0.4, 0.5) is 4.79 Å². The van der Waals surface area contributed by atoms with Gasteiger partial charge in [0.15, 0.2) is 15.6 Å². The van der Waals surface area contributed by atoms with Crippen LogP contribution in [-0.4, -0.2) is 48.6 Å². The number of urea groups is 1. The van der Waals surface area contributed by atoms with Crippen molar-refractivity contribution >= 4 is 15.9 Å². The van der Waals surface area contributed by atoms with E-state index in [1.54, 1.807) is 11.0 Å². The van der Waals surface area contributed by atoms with Crippen molar-refractivity contribution in [1.29, 1.82) is 0 Å². The summed E-state index contributed by atoms with van der Waals surface area (Å²) in [7, 11) is -3.03. The van der Waals surface area contributed by atoms with E-state index in [2.05, 4.69) is 10.5 Å². The number of aryl methyl sites for hydroxylation is 1. The number of nitrogens with zero attached hydrogens (tertiary/aromatic N) is 2. The molecule has 1 aromatic heterocycles. The highest BCUT2D eigenvalue weighted by Gasteiger charge is 2.33. The fourth-order valence-corrected chi connectivity index (χ4v) is 4.84. The molecule has 140 valence electrons. The van der Waals surface area contributed by atoms with E-state index in [0.29, 0.717) is 24.4 Å². The van der Waals surface area contributed by atoms with Crippen molar-refractivity contribution in [1.82, 2.24) is 15.4 Å². The maximum Gasteiger partial charge on any atom is 0.317 e. The smallest absolute Gasteiger partial charge is 0.317 e. The van der Waals surface area contributed by atoms with Crippen LogP contribution in [-0.2, 0) is 16.4 Å². The summed E-state index contributed by atoms with van der Waals surface area (Å²) in [5, 5.41) is 6.79.